The fourth-order valence-corrected chi connectivity index (χ4v) is 3.49. The van der Waals surface area contributed by atoms with Gasteiger partial charge in [-0.2, -0.15) is 5.26 Å². The van der Waals surface area contributed by atoms with Gasteiger partial charge in [0.05, 0.1) is 6.07 Å². The van der Waals surface area contributed by atoms with Crippen LogP contribution in [0, 0.1) is 11.3 Å². The predicted octanol–water partition coefficient (Wildman–Crippen LogP) is 4.80. The SMILES string of the molecule is CC(C)c1ccc(Nc2nnc(SCCCC#N)s2)cc1. The molecule has 0 unspecified atom stereocenters. The number of nitrogens with one attached hydrogen (secondary N) is 1. The standard InChI is InChI=1S/C15H18N4S2/c1-11(2)12-5-7-13(8-6-12)17-14-18-19-15(21-14)20-10-4-3-9-16/h5-8,11H,3-4,10H2,1-2H3,(H,17,18). The van der Waals surface area contributed by atoms with Gasteiger partial charge in [-0.25, -0.2) is 0 Å². The van der Waals surface area contributed by atoms with E-state index in [1.807, 2.05) is 0 Å². The third-order valence-corrected chi connectivity index (χ3v) is 4.95. The monoisotopic (exact) mass is 318 g/mol. The first kappa shape index (κ1) is 15.8. The van der Waals surface area contributed by atoms with E-state index in [1.165, 1.54) is 5.56 Å². The van der Waals surface area contributed by atoms with Crippen molar-refractivity contribution in [1.29, 1.82) is 5.26 Å². The Bertz CT molecular complexity index is 599. The van der Waals surface area contributed by atoms with Crippen LogP contribution in [0.4, 0.5) is 10.8 Å². The van der Waals surface area contributed by atoms with Crippen LogP contribution in [-0.4, -0.2) is 16.0 Å². The maximum absolute atomic E-state index is 8.49. The first-order chi connectivity index (χ1) is 10.2. The number of unbranched alkanes of at least 4 members (excludes halogenated alkanes) is 1. The van der Waals surface area contributed by atoms with Crippen LogP contribution < -0.4 is 5.32 Å². The molecule has 4 nitrogen and oxygen atoms in total. The summed E-state index contributed by atoms with van der Waals surface area (Å²) in [5, 5.41) is 20.8. The lowest BCUT2D eigenvalue weighted by Gasteiger charge is -2.06. The Balaban J connectivity index is 1.88. The first-order valence-electron chi connectivity index (χ1n) is 6.89. The van der Waals surface area contributed by atoms with Crippen molar-refractivity contribution in [3.63, 3.8) is 0 Å². The second-order valence-electron chi connectivity index (χ2n) is 4.88. The minimum atomic E-state index is 0.539. The van der Waals surface area contributed by atoms with Crippen molar-refractivity contribution in [1.82, 2.24) is 10.2 Å². The average molecular weight is 318 g/mol. The summed E-state index contributed by atoms with van der Waals surface area (Å²) in [6.45, 7) is 4.37. The molecular formula is C15H18N4S2. The minimum absolute atomic E-state index is 0.539. The van der Waals surface area contributed by atoms with Crippen LogP contribution in [0.15, 0.2) is 28.6 Å². The first-order valence-corrected chi connectivity index (χ1v) is 8.69. The fourth-order valence-electron chi connectivity index (χ4n) is 1.70. The number of benzene rings is 1. The molecule has 110 valence electrons. The topological polar surface area (TPSA) is 61.6 Å². The van der Waals surface area contributed by atoms with E-state index in [9.17, 15) is 0 Å². The van der Waals surface area contributed by atoms with Crippen molar-refractivity contribution in [2.45, 2.75) is 36.9 Å². The van der Waals surface area contributed by atoms with E-state index in [1.54, 1.807) is 23.1 Å². The molecule has 0 aliphatic carbocycles. The number of nitrogens with zero attached hydrogens (tertiary/aromatic N) is 3. The maximum Gasteiger partial charge on any atom is 0.210 e. The van der Waals surface area contributed by atoms with Gasteiger partial charge in [0.15, 0.2) is 4.34 Å². The van der Waals surface area contributed by atoms with Crippen LogP contribution in [0.2, 0.25) is 0 Å². The number of hydrogen-bond acceptors (Lipinski definition) is 6. The zero-order valence-corrected chi connectivity index (χ0v) is 13.8. The summed E-state index contributed by atoms with van der Waals surface area (Å²) in [5.41, 5.74) is 2.35. The molecule has 0 fully saturated rings. The Morgan fingerprint density at radius 2 is 2.05 bits per heavy atom. The molecule has 1 aromatic carbocycles. The summed E-state index contributed by atoms with van der Waals surface area (Å²) in [6, 6.07) is 10.5. The largest absolute Gasteiger partial charge is 0.330 e. The Labute approximate surface area is 133 Å². The van der Waals surface area contributed by atoms with E-state index >= 15 is 0 Å². The summed E-state index contributed by atoms with van der Waals surface area (Å²) < 4.78 is 0.939. The van der Waals surface area contributed by atoms with Gasteiger partial charge in [0.2, 0.25) is 5.13 Å². The Morgan fingerprint density at radius 1 is 1.29 bits per heavy atom. The van der Waals surface area contributed by atoms with E-state index in [0.29, 0.717) is 12.3 Å². The summed E-state index contributed by atoms with van der Waals surface area (Å²) >= 11 is 3.19. The molecule has 0 aliphatic heterocycles. The lowest BCUT2D eigenvalue weighted by Crippen LogP contribution is -1.91. The highest BCUT2D eigenvalue weighted by Gasteiger charge is 2.05. The van der Waals surface area contributed by atoms with Gasteiger partial charge in [-0.1, -0.05) is 49.1 Å². The third-order valence-electron chi connectivity index (χ3n) is 2.89. The summed E-state index contributed by atoms with van der Waals surface area (Å²) in [5.74, 6) is 1.45. The van der Waals surface area contributed by atoms with Crippen LogP contribution in [-0.2, 0) is 0 Å². The average Bonchev–Trinajstić information content (AvgIpc) is 2.92. The molecule has 6 heteroatoms. The van der Waals surface area contributed by atoms with Crippen molar-refractivity contribution >= 4 is 33.9 Å². The van der Waals surface area contributed by atoms with Crippen molar-refractivity contribution in [2.75, 3.05) is 11.1 Å². The molecule has 0 amide bonds. The molecule has 0 bridgehead atoms. The van der Waals surface area contributed by atoms with Gasteiger partial charge in [0, 0.05) is 17.9 Å². The van der Waals surface area contributed by atoms with Gasteiger partial charge >= 0.3 is 0 Å². The van der Waals surface area contributed by atoms with Crippen LogP contribution in [0.1, 0.15) is 38.2 Å². The number of thioether (sulfide) groups is 1. The summed E-state index contributed by atoms with van der Waals surface area (Å²) in [4.78, 5) is 0. The maximum atomic E-state index is 8.49. The second-order valence-corrected chi connectivity index (χ2v) is 7.20. The highest BCUT2D eigenvalue weighted by atomic mass is 32.2. The smallest absolute Gasteiger partial charge is 0.210 e. The van der Waals surface area contributed by atoms with Crippen LogP contribution >= 0.6 is 23.1 Å². The van der Waals surface area contributed by atoms with Crippen molar-refractivity contribution in [3.8, 4) is 6.07 Å². The van der Waals surface area contributed by atoms with E-state index in [-0.39, 0.29) is 0 Å². The highest BCUT2D eigenvalue weighted by molar-refractivity contribution is 8.01. The number of hydrogen-bond donors (Lipinski definition) is 1. The van der Waals surface area contributed by atoms with E-state index in [0.717, 1.165) is 27.3 Å². The number of aromatic nitrogens is 2. The van der Waals surface area contributed by atoms with Crippen molar-refractivity contribution in [2.24, 2.45) is 0 Å². The number of rotatable bonds is 7. The minimum Gasteiger partial charge on any atom is -0.330 e. The zero-order valence-electron chi connectivity index (χ0n) is 12.2. The molecule has 1 N–H and O–H groups in total. The van der Waals surface area contributed by atoms with Gasteiger partial charge < -0.3 is 5.32 Å². The lowest BCUT2D eigenvalue weighted by molar-refractivity contribution is 0.867. The van der Waals surface area contributed by atoms with E-state index in [4.69, 9.17) is 5.26 Å². The summed E-state index contributed by atoms with van der Waals surface area (Å²) in [7, 11) is 0. The highest BCUT2D eigenvalue weighted by Crippen LogP contribution is 2.28. The molecule has 0 saturated carbocycles. The Hall–Kier alpha value is -1.58. The molecule has 1 heterocycles. The number of anilines is 2. The normalized spacial score (nSPS) is 10.6. The molecule has 1 aromatic heterocycles. The van der Waals surface area contributed by atoms with Gasteiger partial charge in [-0.3, -0.25) is 0 Å². The van der Waals surface area contributed by atoms with Gasteiger partial charge in [0.1, 0.15) is 0 Å². The van der Waals surface area contributed by atoms with Crippen LogP contribution in [0.5, 0.6) is 0 Å². The fraction of sp³-hybridized carbons (Fsp3) is 0.400. The lowest BCUT2D eigenvalue weighted by atomic mass is 10.0. The van der Waals surface area contributed by atoms with Crippen molar-refractivity contribution < 1.29 is 0 Å². The van der Waals surface area contributed by atoms with E-state index in [2.05, 4.69) is 59.7 Å². The van der Waals surface area contributed by atoms with Crippen LogP contribution in [0.25, 0.3) is 0 Å². The van der Waals surface area contributed by atoms with Gasteiger partial charge in [0.25, 0.3) is 0 Å². The predicted molar refractivity (Wildman–Crippen MR) is 89.3 cm³/mol. The molecular weight excluding hydrogens is 300 g/mol. The van der Waals surface area contributed by atoms with E-state index < -0.39 is 0 Å². The zero-order chi connectivity index (χ0) is 15.1. The molecule has 2 aromatic rings. The third kappa shape index (κ3) is 5.03. The molecule has 0 saturated heterocycles. The molecule has 0 atom stereocenters. The molecule has 0 spiro atoms. The molecule has 21 heavy (non-hydrogen) atoms. The Kier molecular flexibility index (Phi) is 6.03. The van der Waals surface area contributed by atoms with Crippen LogP contribution in [0.3, 0.4) is 0 Å². The molecule has 0 aliphatic rings. The molecule has 0 radical (unpaired) electrons. The number of nitriles is 1. The van der Waals surface area contributed by atoms with Gasteiger partial charge in [-0.15, -0.1) is 10.2 Å². The second kappa shape index (κ2) is 8.01. The summed E-state index contributed by atoms with van der Waals surface area (Å²) in [6.07, 6.45) is 1.49. The molecule has 2 rings (SSSR count). The van der Waals surface area contributed by atoms with Crippen molar-refractivity contribution in [3.05, 3.63) is 29.8 Å². The Morgan fingerprint density at radius 3 is 2.71 bits per heavy atom. The quantitative estimate of drug-likeness (QED) is 0.587. The van der Waals surface area contributed by atoms with Gasteiger partial charge in [-0.05, 0) is 30.0 Å².